The van der Waals surface area contributed by atoms with Gasteiger partial charge in [-0.1, -0.05) is 12.1 Å². The number of hydrogen-bond donors (Lipinski definition) is 2. The second kappa shape index (κ2) is 8.08. The Labute approximate surface area is 136 Å². The number of methoxy groups -OCH3 is 2. The summed E-state index contributed by atoms with van der Waals surface area (Å²) >= 11 is 0. The molecule has 1 amide bonds. The molecular formula is C18H22N2O3. The number of carbonyl (C=O) groups excluding carboxylic acids is 1. The van der Waals surface area contributed by atoms with Crippen molar-refractivity contribution in [3.63, 3.8) is 0 Å². The van der Waals surface area contributed by atoms with Crippen LogP contribution in [0, 0.1) is 0 Å². The van der Waals surface area contributed by atoms with Gasteiger partial charge in [0.25, 0.3) is 5.91 Å². The highest BCUT2D eigenvalue weighted by Crippen LogP contribution is 2.27. The molecule has 122 valence electrons. The number of ether oxygens (including phenoxy) is 2. The van der Waals surface area contributed by atoms with Crippen LogP contribution < -0.4 is 20.5 Å². The summed E-state index contributed by atoms with van der Waals surface area (Å²) in [6.45, 7) is 0.609. The zero-order valence-electron chi connectivity index (χ0n) is 13.5. The van der Waals surface area contributed by atoms with E-state index in [9.17, 15) is 4.79 Å². The molecule has 0 saturated heterocycles. The fraction of sp³-hybridized carbons (Fsp3) is 0.278. The minimum atomic E-state index is -0.122. The Hall–Kier alpha value is -2.69. The van der Waals surface area contributed by atoms with Crippen molar-refractivity contribution in [1.82, 2.24) is 5.32 Å². The van der Waals surface area contributed by atoms with Crippen LogP contribution in [0.5, 0.6) is 11.5 Å². The molecule has 0 aliphatic rings. The van der Waals surface area contributed by atoms with Crippen molar-refractivity contribution in [3.8, 4) is 11.5 Å². The van der Waals surface area contributed by atoms with Gasteiger partial charge < -0.3 is 20.5 Å². The molecule has 0 bridgehead atoms. The van der Waals surface area contributed by atoms with E-state index in [2.05, 4.69) is 5.32 Å². The summed E-state index contributed by atoms with van der Waals surface area (Å²) in [6.07, 6.45) is 1.76. The van der Waals surface area contributed by atoms with Gasteiger partial charge in [0.2, 0.25) is 0 Å². The standard InChI is InChI=1S/C18H22N2O3/c1-22-16-10-7-14(12-17(16)23-2)18(21)20-11-3-4-13-5-8-15(19)9-6-13/h5-10,12H,3-4,11,19H2,1-2H3,(H,20,21). The molecule has 5 nitrogen and oxygen atoms in total. The Bertz CT molecular complexity index is 654. The maximum absolute atomic E-state index is 12.1. The van der Waals surface area contributed by atoms with Crippen molar-refractivity contribution in [2.45, 2.75) is 12.8 Å². The van der Waals surface area contributed by atoms with E-state index in [0.29, 0.717) is 23.6 Å². The lowest BCUT2D eigenvalue weighted by Crippen LogP contribution is -2.24. The topological polar surface area (TPSA) is 73.6 Å². The Morgan fingerprint density at radius 3 is 2.39 bits per heavy atom. The third-order valence-corrected chi connectivity index (χ3v) is 3.55. The number of benzene rings is 2. The van der Waals surface area contributed by atoms with Crippen molar-refractivity contribution in [1.29, 1.82) is 0 Å². The fourth-order valence-electron chi connectivity index (χ4n) is 2.26. The van der Waals surface area contributed by atoms with E-state index >= 15 is 0 Å². The van der Waals surface area contributed by atoms with Gasteiger partial charge in [0.05, 0.1) is 14.2 Å². The third-order valence-electron chi connectivity index (χ3n) is 3.55. The molecule has 5 heteroatoms. The van der Waals surface area contributed by atoms with E-state index in [1.165, 1.54) is 5.56 Å². The average Bonchev–Trinajstić information content (AvgIpc) is 2.59. The van der Waals surface area contributed by atoms with Gasteiger partial charge in [-0.15, -0.1) is 0 Å². The molecule has 2 aromatic rings. The first-order valence-electron chi connectivity index (χ1n) is 7.48. The van der Waals surface area contributed by atoms with Crippen LogP contribution >= 0.6 is 0 Å². The van der Waals surface area contributed by atoms with Crippen LogP contribution in [-0.4, -0.2) is 26.7 Å². The summed E-state index contributed by atoms with van der Waals surface area (Å²) in [7, 11) is 3.11. The second-order valence-corrected chi connectivity index (χ2v) is 5.17. The first-order chi connectivity index (χ1) is 11.1. The van der Waals surface area contributed by atoms with Crippen LogP contribution in [0.3, 0.4) is 0 Å². The smallest absolute Gasteiger partial charge is 0.251 e. The molecule has 0 aromatic heterocycles. The molecule has 0 heterocycles. The lowest BCUT2D eigenvalue weighted by atomic mass is 10.1. The summed E-state index contributed by atoms with van der Waals surface area (Å²) < 4.78 is 10.4. The monoisotopic (exact) mass is 314 g/mol. The number of carbonyl (C=O) groups is 1. The minimum Gasteiger partial charge on any atom is -0.493 e. The van der Waals surface area contributed by atoms with Gasteiger partial charge in [0, 0.05) is 17.8 Å². The molecule has 0 atom stereocenters. The van der Waals surface area contributed by atoms with Crippen LogP contribution in [-0.2, 0) is 6.42 Å². The van der Waals surface area contributed by atoms with Gasteiger partial charge in [-0.3, -0.25) is 4.79 Å². The Kier molecular flexibility index (Phi) is 5.86. The minimum absolute atomic E-state index is 0.122. The van der Waals surface area contributed by atoms with Crippen LogP contribution in [0.15, 0.2) is 42.5 Å². The summed E-state index contributed by atoms with van der Waals surface area (Å²) in [6, 6.07) is 12.9. The first kappa shape index (κ1) is 16.7. The van der Waals surface area contributed by atoms with Crippen molar-refractivity contribution in [3.05, 3.63) is 53.6 Å². The van der Waals surface area contributed by atoms with E-state index in [1.807, 2.05) is 24.3 Å². The third kappa shape index (κ3) is 4.64. The van der Waals surface area contributed by atoms with Crippen molar-refractivity contribution < 1.29 is 14.3 Å². The largest absolute Gasteiger partial charge is 0.493 e. The van der Waals surface area contributed by atoms with E-state index in [4.69, 9.17) is 15.2 Å². The molecule has 23 heavy (non-hydrogen) atoms. The maximum Gasteiger partial charge on any atom is 0.251 e. The number of aryl methyl sites for hydroxylation is 1. The molecule has 2 rings (SSSR count). The predicted molar refractivity (Wildman–Crippen MR) is 91.1 cm³/mol. The molecular weight excluding hydrogens is 292 g/mol. The Morgan fingerprint density at radius 2 is 1.74 bits per heavy atom. The number of anilines is 1. The molecule has 0 aliphatic heterocycles. The van der Waals surface area contributed by atoms with Gasteiger partial charge in [-0.05, 0) is 48.7 Å². The number of nitrogens with one attached hydrogen (secondary N) is 1. The predicted octanol–water partition coefficient (Wildman–Crippen LogP) is 2.65. The maximum atomic E-state index is 12.1. The number of hydrogen-bond acceptors (Lipinski definition) is 4. The highest BCUT2D eigenvalue weighted by molar-refractivity contribution is 5.94. The summed E-state index contributed by atoms with van der Waals surface area (Å²) in [5.74, 6) is 1.03. The van der Waals surface area contributed by atoms with E-state index < -0.39 is 0 Å². The van der Waals surface area contributed by atoms with Gasteiger partial charge in [0.1, 0.15) is 0 Å². The van der Waals surface area contributed by atoms with Crippen LogP contribution in [0.1, 0.15) is 22.3 Å². The normalized spacial score (nSPS) is 10.2. The zero-order chi connectivity index (χ0) is 16.7. The van der Waals surface area contributed by atoms with Crippen molar-refractivity contribution in [2.75, 3.05) is 26.5 Å². The van der Waals surface area contributed by atoms with Crippen molar-refractivity contribution in [2.24, 2.45) is 0 Å². The summed E-state index contributed by atoms with van der Waals surface area (Å²) in [5.41, 5.74) is 8.17. The molecule has 0 fully saturated rings. The van der Waals surface area contributed by atoms with E-state index in [-0.39, 0.29) is 5.91 Å². The molecule has 3 N–H and O–H groups in total. The molecule has 0 radical (unpaired) electrons. The van der Waals surface area contributed by atoms with E-state index in [1.54, 1.807) is 32.4 Å². The molecule has 0 aliphatic carbocycles. The first-order valence-corrected chi connectivity index (χ1v) is 7.48. The van der Waals surface area contributed by atoms with Crippen LogP contribution in [0.2, 0.25) is 0 Å². The van der Waals surface area contributed by atoms with Gasteiger partial charge in [0.15, 0.2) is 11.5 Å². The van der Waals surface area contributed by atoms with Gasteiger partial charge in [-0.2, -0.15) is 0 Å². The number of nitrogen functional groups attached to an aromatic ring is 1. The average molecular weight is 314 g/mol. The summed E-state index contributed by atoms with van der Waals surface area (Å²) in [5, 5.41) is 2.91. The molecule has 0 saturated carbocycles. The van der Waals surface area contributed by atoms with E-state index in [0.717, 1.165) is 18.5 Å². The zero-order valence-corrected chi connectivity index (χ0v) is 13.5. The highest BCUT2D eigenvalue weighted by Gasteiger charge is 2.10. The molecule has 0 spiro atoms. The Morgan fingerprint density at radius 1 is 1.04 bits per heavy atom. The number of amides is 1. The molecule has 2 aromatic carbocycles. The Balaban J connectivity index is 1.83. The van der Waals surface area contributed by atoms with Gasteiger partial charge >= 0.3 is 0 Å². The number of nitrogens with two attached hydrogens (primary N) is 1. The van der Waals surface area contributed by atoms with Gasteiger partial charge in [-0.25, -0.2) is 0 Å². The second-order valence-electron chi connectivity index (χ2n) is 5.17. The number of rotatable bonds is 7. The van der Waals surface area contributed by atoms with Crippen LogP contribution in [0.4, 0.5) is 5.69 Å². The lowest BCUT2D eigenvalue weighted by molar-refractivity contribution is 0.0953. The van der Waals surface area contributed by atoms with Crippen molar-refractivity contribution >= 4 is 11.6 Å². The lowest BCUT2D eigenvalue weighted by Gasteiger charge is -2.10. The summed E-state index contributed by atoms with van der Waals surface area (Å²) in [4.78, 5) is 12.1. The fourth-order valence-corrected chi connectivity index (χ4v) is 2.26. The quantitative estimate of drug-likeness (QED) is 0.608. The SMILES string of the molecule is COc1ccc(C(=O)NCCCc2ccc(N)cc2)cc1OC. The van der Waals surface area contributed by atoms with Crippen LogP contribution in [0.25, 0.3) is 0 Å². The highest BCUT2D eigenvalue weighted by atomic mass is 16.5. The molecule has 0 unspecified atom stereocenters.